The zero-order valence-corrected chi connectivity index (χ0v) is 11.7. The number of nitrogen functional groups attached to an aromatic ring is 1. The number of hydrogen-bond acceptors (Lipinski definition) is 5. The summed E-state index contributed by atoms with van der Waals surface area (Å²) < 4.78 is 5.61. The highest BCUT2D eigenvalue weighted by atomic mass is 32.2. The molecule has 0 atom stereocenters. The SMILES string of the molecule is Cc1cc(N)nc(SCCCOc2ccccc2)n1. The van der Waals surface area contributed by atoms with Crippen LogP contribution in [-0.2, 0) is 0 Å². The first-order chi connectivity index (χ1) is 9.24. The smallest absolute Gasteiger partial charge is 0.189 e. The lowest BCUT2D eigenvalue weighted by Gasteiger charge is -2.05. The molecular formula is C14H17N3OS. The number of nitrogens with two attached hydrogens (primary N) is 1. The first kappa shape index (κ1) is 13.7. The number of thioether (sulfide) groups is 1. The van der Waals surface area contributed by atoms with Crippen molar-refractivity contribution in [2.45, 2.75) is 18.5 Å². The van der Waals surface area contributed by atoms with Gasteiger partial charge in [0.25, 0.3) is 0 Å². The van der Waals surface area contributed by atoms with Gasteiger partial charge in [-0.1, -0.05) is 30.0 Å². The number of para-hydroxylation sites is 1. The second-order valence-corrected chi connectivity index (χ2v) is 5.14. The minimum absolute atomic E-state index is 0.524. The van der Waals surface area contributed by atoms with E-state index in [1.54, 1.807) is 17.8 Å². The number of nitrogens with zero attached hydrogens (tertiary/aromatic N) is 2. The molecule has 0 aliphatic carbocycles. The Labute approximate surface area is 117 Å². The highest BCUT2D eigenvalue weighted by Gasteiger charge is 2.01. The molecule has 5 heteroatoms. The van der Waals surface area contributed by atoms with Crippen LogP contribution < -0.4 is 10.5 Å². The van der Waals surface area contributed by atoms with Gasteiger partial charge in [0.1, 0.15) is 11.6 Å². The van der Waals surface area contributed by atoms with Crippen LogP contribution in [0.25, 0.3) is 0 Å². The Morgan fingerprint density at radius 2 is 2.00 bits per heavy atom. The number of aryl methyl sites for hydroxylation is 1. The van der Waals surface area contributed by atoms with E-state index in [1.165, 1.54) is 0 Å². The predicted octanol–water partition coefficient (Wildman–Crippen LogP) is 2.93. The summed E-state index contributed by atoms with van der Waals surface area (Å²) in [6.07, 6.45) is 0.941. The maximum Gasteiger partial charge on any atom is 0.189 e. The minimum Gasteiger partial charge on any atom is -0.494 e. The van der Waals surface area contributed by atoms with Crippen molar-refractivity contribution in [1.29, 1.82) is 0 Å². The van der Waals surface area contributed by atoms with E-state index in [0.717, 1.165) is 28.8 Å². The van der Waals surface area contributed by atoms with Gasteiger partial charge in [-0.3, -0.25) is 0 Å². The normalized spacial score (nSPS) is 10.4. The molecule has 0 amide bonds. The number of aromatic nitrogens is 2. The molecule has 0 radical (unpaired) electrons. The van der Waals surface area contributed by atoms with Crippen LogP contribution in [-0.4, -0.2) is 22.3 Å². The first-order valence-corrected chi connectivity index (χ1v) is 7.14. The molecule has 0 bridgehead atoms. The summed E-state index contributed by atoms with van der Waals surface area (Å²) >= 11 is 1.60. The number of benzene rings is 1. The van der Waals surface area contributed by atoms with E-state index >= 15 is 0 Å². The predicted molar refractivity (Wildman–Crippen MR) is 78.5 cm³/mol. The summed E-state index contributed by atoms with van der Waals surface area (Å²) in [5.74, 6) is 2.34. The van der Waals surface area contributed by atoms with Gasteiger partial charge in [0.05, 0.1) is 6.61 Å². The molecule has 1 aromatic heterocycles. The van der Waals surface area contributed by atoms with E-state index in [4.69, 9.17) is 10.5 Å². The van der Waals surface area contributed by atoms with Crippen LogP contribution in [0.5, 0.6) is 5.75 Å². The fourth-order valence-electron chi connectivity index (χ4n) is 1.56. The zero-order valence-electron chi connectivity index (χ0n) is 10.9. The van der Waals surface area contributed by atoms with Crippen LogP contribution in [0.2, 0.25) is 0 Å². The summed E-state index contributed by atoms with van der Waals surface area (Å²) in [7, 11) is 0. The van der Waals surface area contributed by atoms with Gasteiger partial charge >= 0.3 is 0 Å². The fourth-order valence-corrected chi connectivity index (χ4v) is 2.38. The maximum absolute atomic E-state index is 5.68. The van der Waals surface area contributed by atoms with Gasteiger partial charge in [0.15, 0.2) is 5.16 Å². The molecule has 0 unspecified atom stereocenters. The summed E-state index contributed by atoms with van der Waals surface area (Å²) in [5, 5.41) is 0.734. The van der Waals surface area contributed by atoms with E-state index in [0.29, 0.717) is 12.4 Å². The molecule has 0 aliphatic rings. The van der Waals surface area contributed by atoms with Gasteiger partial charge < -0.3 is 10.5 Å². The van der Waals surface area contributed by atoms with Crippen molar-refractivity contribution in [1.82, 2.24) is 9.97 Å². The molecule has 1 aromatic carbocycles. The van der Waals surface area contributed by atoms with Crippen molar-refractivity contribution in [2.75, 3.05) is 18.1 Å². The summed E-state index contributed by atoms with van der Waals surface area (Å²) in [6.45, 7) is 2.61. The fraction of sp³-hybridized carbons (Fsp3) is 0.286. The molecule has 0 aliphatic heterocycles. The van der Waals surface area contributed by atoms with E-state index in [-0.39, 0.29) is 0 Å². The van der Waals surface area contributed by atoms with Gasteiger partial charge in [-0.15, -0.1) is 0 Å². The van der Waals surface area contributed by atoms with Gasteiger partial charge in [0.2, 0.25) is 0 Å². The third-order valence-corrected chi connectivity index (χ3v) is 3.32. The van der Waals surface area contributed by atoms with Gasteiger partial charge in [-0.25, -0.2) is 9.97 Å². The second-order valence-electron chi connectivity index (χ2n) is 4.08. The molecule has 0 saturated carbocycles. The Kier molecular flexibility index (Phi) is 5.03. The highest BCUT2D eigenvalue weighted by molar-refractivity contribution is 7.99. The Bertz CT molecular complexity index is 499. The standard InChI is InChI=1S/C14H17N3OS/c1-11-10-13(15)17-14(16-11)19-9-5-8-18-12-6-3-2-4-7-12/h2-4,6-7,10H,5,8-9H2,1H3,(H2,15,16,17). The monoisotopic (exact) mass is 275 g/mol. The van der Waals surface area contributed by atoms with E-state index in [2.05, 4.69) is 9.97 Å². The maximum atomic E-state index is 5.68. The van der Waals surface area contributed by atoms with Gasteiger partial charge in [-0.2, -0.15) is 0 Å². The lowest BCUT2D eigenvalue weighted by Crippen LogP contribution is -2.00. The summed E-state index contributed by atoms with van der Waals surface area (Å²) in [4.78, 5) is 8.50. The molecule has 100 valence electrons. The number of anilines is 1. The lowest BCUT2D eigenvalue weighted by atomic mass is 10.3. The van der Waals surface area contributed by atoms with Crippen molar-refractivity contribution >= 4 is 17.6 Å². The number of ether oxygens (including phenoxy) is 1. The van der Waals surface area contributed by atoms with Crippen LogP contribution >= 0.6 is 11.8 Å². The molecule has 0 saturated heterocycles. The summed E-state index contributed by atoms with van der Waals surface area (Å²) in [5.41, 5.74) is 6.58. The molecule has 19 heavy (non-hydrogen) atoms. The van der Waals surface area contributed by atoms with E-state index < -0.39 is 0 Å². The number of hydrogen-bond donors (Lipinski definition) is 1. The summed E-state index contributed by atoms with van der Waals surface area (Å²) in [6, 6.07) is 11.6. The number of rotatable bonds is 6. The molecule has 1 heterocycles. The Balaban J connectivity index is 1.69. The largest absolute Gasteiger partial charge is 0.494 e. The second kappa shape index (κ2) is 6.99. The lowest BCUT2D eigenvalue weighted by molar-refractivity contribution is 0.318. The molecule has 2 aromatic rings. The van der Waals surface area contributed by atoms with Crippen LogP contribution in [0.3, 0.4) is 0 Å². The average molecular weight is 275 g/mol. The van der Waals surface area contributed by atoms with E-state index in [1.807, 2.05) is 37.3 Å². The van der Waals surface area contributed by atoms with Crippen molar-refractivity contribution in [3.05, 3.63) is 42.1 Å². The van der Waals surface area contributed by atoms with Crippen molar-refractivity contribution in [3.8, 4) is 5.75 Å². The van der Waals surface area contributed by atoms with Crippen LogP contribution in [0.4, 0.5) is 5.82 Å². The zero-order chi connectivity index (χ0) is 13.5. The third-order valence-electron chi connectivity index (χ3n) is 2.39. The Morgan fingerprint density at radius 3 is 2.74 bits per heavy atom. The Morgan fingerprint density at radius 1 is 1.21 bits per heavy atom. The quantitative estimate of drug-likeness (QED) is 0.499. The van der Waals surface area contributed by atoms with Gasteiger partial charge in [0, 0.05) is 17.5 Å². The average Bonchev–Trinajstić information content (AvgIpc) is 2.38. The Hall–Kier alpha value is -1.75. The van der Waals surface area contributed by atoms with Crippen molar-refractivity contribution in [3.63, 3.8) is 0 Å². The van der Waals surface area contributed by atoms with Crippen LogP contribution in [0.15, 0.2) is 41.6 Å². The third kappa shape index (κ3) is 4.79. The molecule has 0 fully saturated rings. The van der Waals surface area contributed by atoms with Crippen LogP contribution in [0, 0.1) is 6.92 Å². The van der Waals surface area contributed by atoms with E-state index in [9.17, 15) is 0 Å². The van der Waals surface area contributed by atoms with Crippen LogP contribution in [0.1, 0.15) is 12.1 Å². The first-order valence-electron chi connectivity index (χ1n) is 6.16. The molecule has 2 rings (SSSR count). The molecule has 4 nitrogen and oxygen atoms in total. The topological polar surface area (TPSA) is 61.0 Å². The van der Waals surface area contributed by atoms with Crippen molar-refractivity contribution in [2.24, 2.45) is 0 Å². The minimum atomic E-state index is 0.524. The molecule has 0 spiro atoms. The molecular weight excluding hydrogens is 258 g/mol. The highest BCUT2D eigenvalue weighted by Crippen LogP contribution is 2.16. The van der Waals surface area contributed by atoms with Crippen molar-refractivity contribution < 1.29 is 4.74 Å². The van der Waals surface area contributed by atoms with Gasteiger partial charge in [-0.05, 0) is 25.5 Å². The molecule has 2 N–H and O–H groups in total.